The topological polar surface area (TPSA) is 95.7 Å². The first kappa shape index (κ1) is 25.2. The zero-order valence-electron chi connectivity index (χ0n) is 19.0. The molecule has 1 heterocycles. The maximum Gasteiger partial charge on any atom is 0.264 e. The van der Waals surface area contributed by atoms with Crippen molar-refractivity contribution in [2.75, 3.05) is 6.54 Å². The Hall–Kier alpha value is -2.90. The minimum absolute atomic E-state index is 0. The third-order valence-corrected chi connectivity index (χ3v) is 7.13. The fourth-order valence-corrected chi connectivity index (χ4v) is 5.39. The number of halogens is 2. The van der Waals surface area contributed by atoms with Crippen LogP contribution >= 0.6 is 24.0 Å². The molecular formula is C27H27Cl2N3O3. The van der Waals surface area contributed by atoms with Crippen molar-refractivity contribution >= 4 is 35.8 Å². The lowest BCUT2D eigenvalue weighted by Gasteiger charge is -2.32. The van der Waals surface area contributed by atoms with Gasteiger partial charge in [0.25, 0.3) is 5.91 Å². The molecular weight excluding hydrogens is 485 g/mol. The number of benzene rings is 3. The molecule has 8 heteroatoms. The number of hydrogen-bond acceptors (Lipinski definition) is 4. The summed E-state index contributed by atoms with van der Waals surface area (Å²) in [4.78, 5) is 28.6. The van der Waals surface area contributed by atoms with Crippen LogP contribution in [0.15, 0.2) is 66.7 Å². The summed E-state index contributed by atoms with van der Waals surface area (Å²) < 4.78 is 0. The Bertz CT molecular complexity index is 1230. The van der Waals surface area contributed by atoms with E-state index in [1.807, 2.05) is 42.5 Å². The van der Waals surface area contributed by atoms with Gasteiger partial charge in [0, 0.05) is 35.8 Å². The van der Waals surface area contributed by atoms with E-state index in [2.05, 4.69) is 5.32 Å². The van der Waals surface area contributed by atoms with Gasteiger partial charge in [-0.05, 0) is 47.2 Å². The van der Waals surface area contributed by atoms with Gasteiger partial charge in [0.05, 0.1) is 0 Å². The first-order valence-corrected chi connectivity index (χ1v) is 11.8. The Morgan fingerprint density at radius 2 is 1.66 bits per heavy atom. The van der Waals surface area contributed by atoms with Crippen molar-refractivity contribution < 1.29 is 14.7 Å². The van der Waals surface area contributed by atoms with Crippen molar-refractivity contribution in [2.24, 2.45) is 5.73 Å². The van der Waals surface area contributed by atoms with Gasteiger partial charge < -0.3 is 21.1 Å². The lowest BCUT2D eigenvalue weighted by atomic mass is 9.89. The molecule has 1 aliphatic heterocycles. The Balaban J connectivity index is 0.00000289. The van der Waals surface area contributed by atoms with Crippen LogP contribution in [0, 0.1) is 0 Å². The van der Waals surface area contributed by atoms with Gasteiger partial charge in [0.2, 0.25) is 5.91 Å². The summed E-state index contributed by atoms with van der Waals surface area (Å²) in [6.45, 7) is 1.01. The predicted octanol–water partition coefficient (Wildman–Crippen LogP) is 3.74. The van der Waals surface area contributed by atoms with Crippen molar-refractivity contribution in [3.05, 3.63) is 94.0 Å². The molecule has 3 aromatic rings. The van der Waals surface area contributed by atoms with E-state index >= 15 is 0 Å². The summed E-state index contributed by atoms with van der Waals surface area (Å²) in [5, 5.41) is 15.4. The fraction of sp³-hybridized carbons (Fsp3) is 0.259. The minimum atomic E-state index is -1.82. The largest absolute Gasteiger partial charge is 0.372 e. The maximum absolute atomic E-state index is 13.9. The molecule has 35 heavy (non-hydrogen) atoms. The first-order valence-electron chi connectivity index (χ1n) is 11.4. The summed E-state index contributed by atoms with van der Waals surface area (Å²) in [5.41, 5.74) is 8.52. The van der Waals surface area contributed by atoms with E-state index < -0.39 is 17.6 Å². The van der Waals surface area contributed by atoms with Crippen molar-refractivity contribution in [3.8, 4) is 11.1 Å². The predicted molar refractivity (Wildman–Crippen MR) is 138 cm³/mol. The number of amides is 2. The van der Waals surface area contributed by atoms with E-state index in [0.717, 1.165) is 22.3 Å². The van der Waals surface area contributed by atoms with Crippen LogP contribution in [0.25, 0.3) is 11.1 Å². The van der Waals surface area contributed by atoms with Crippen LogP contribution in [-0.4, -0.2) is 34.4 Å². The molecule has 6 nitrogen and oxygen atoms in total. The number of fused-ring (bicyclic) bond motifs is 3. The zero-order chi connectivity index (χ0) is 23.9. The van der Waals surface area contributed by atoms with Crippen molar-refractivity contribution in [1.29, 1.82) is 0 Å². The average molecular weight is 512 g/mol. The average Bonchev–Trinajstić information content (AvgIpc) is 3.45. The SMILES string of the molecule is Cl.NCc1ccc(Cl)cc1CNC(=O)[C@@H]1CCCN1C(=O)C1(O)c2ccccc2-c2ccccc21. The lowest BCUT2D eigenvalue weighted by Crippen LogP contribution is -2.52. The van der Waals surface area contributed by atoms with Gasteiger partial charge in [-0.15, -0.1) is 12.4 Å². The highest BCUT2D eigenvalue weighted by Gasteiger charge is 2.52. The molecule has 1 aliphatic carbocycles. The maximum atomic E-state index is 13.9. The van der Waals surface area contributed by atoms with E-state index in [1.165, 1.54) is 4.90 Å². The molecule has 0 aromatic heterocycles. The second-order valence-corrected chi connectivity index (χ2v) is 9.23. The quantitative estimate of drug-likeness (QED) is 0.486. The highest BCUT2D eigenvalue weighted by atomic mass is 35.5. The van der Waals surface area contributed by atoms with Gasteiger partial charge in [-0.1, -0.05) is 66.2 Å². The van der Waals surface area contributed by atoms with Crippen molar-refractivity contribution in [1.82, 2.24) is 10.2 Å². The Labute approximate surface area is 215 Å². The normalized spacial score (nSPS) is 17.3. The number of likely N-dealkylation sites (tertiary alicyclic amines) is 1. The second-order valence-electron chi connectivity index (χ2n) is 8.79. The van der Waals surface area contributed by atoms with Gasteiger partial charge in [0.15, 0.2) is 5.60 Å². The van der Waals surface area contributed by atoms with Gasteiger partial charge in [-0.2, -0.15) is 0 Å². The van der Waals surface area contributed by atoms with Crippen LogP contribution in [0.5, 0.6) is 0 Å². The van der Waals surface area contributed by atoms with E-state index in [-0.39, 0.29) is 24.9 Å². The Morgan fingerprint density at radius 1 is 1.03 bits per heavy atom. The molecule has 1 atom stereocenters. The number of carbonyl (C=O) groups excluding carboxylic acids is 2. The third-order valence-electron chi connectivity index (χ3n) is 6.89. The molecule has 0 radical (unpaired) electrons. The number of rotatable bonds is 5. The molecule has 0 saturated carbocycles. The van der Waals surface area contributed by atoms with E-state index in [9.17, 15) is 14.7 Å². The van der Waals surface area contributed by atoms with Gasteiger partial charge in [0.1, 0.15) is 6.04 Å². The fourth-order valence-electron chi connectivity index (χ4n) is 5.19. The standard InChI is InChI=1S/C27H26ClN3O3.ClH/c28-19-12-11-17(15-29)18(14-19)16-30-25(32)24-10-5-13-31(24)26(33)27(34)22-8-3-1-6-20(22)21-7-2-4-9-23(21)27;/h1-4,6-9,11-12,14,24,34H,5,10,13,15-16,29H2,(H,30,32);1H/t24-;/m0./s1. The van der Waals surface area contributed by atoms with Crippen LogP contribution in [0.2, 0.25) is 5.02 Å². The number of aliphatic hydroxyl groups is 1. The van der Waals surface area contributed by atoms with Gasteiger partial charge in [-0.25, -0.2) is 0 Å². The summed E-state index contributed by atoms with van der Waals surface area (Å²) in [6.07, 6.45) is 1.23. The molecule has 0 bridgehead atoms. The number of hydrogen-bond donors (Lipinski definition) is 3. The highest BCUT2D eigenvalue weighted by Crippen LogP contribution is 2.48. The van der Waals surface area contributed by atoms with Crippen LogP contribution in [-0.2, 0) is 28.3 Å². The van der Waals surface area contributed by atoms with Crippen molar-refractivity contribution in [2.45, 2.75) is 37.6 Å². The lowest BCUT2D eigenvalue weighted by molar-refractivity contribution is -0.151. The van der Waals surface area contributed by atoms with Crippen molar-refractivity contribution in [3.63, 3.8) is 0 Å². The second kappa shape index (κ2) is 9.99. The molecule has 2 aliphatic rings. The molecule has 1 saturated heterocycles. The number of nitrogens with zero attached hydrogens (tertiary/aromatic N) is 1. The van der Waals surface area contributed by atoms with E-state index in [4.69, 9.17) is 17.3 Å². The van der Waals surface area contributed by atoms with E-state index in [1.54, 1.807) is 24.3 Å². The zero-order valence-corrected chi connectivity index (χ0v) is 20.6. The van der Waals surface area contributed by atoms with Crippen LogP contribution in [0.4, 0.5) is 0 Å². The Kier molecular flexibility index (Phi) is 7.20. The number of nitrogens with one attached hydrogen (secondary N) is 1. The molecule has 2 amide bonds. The molecule has 182 valence electrons. The monoisotopic (exact) mass is 511 g/mol. The van der Waals surface area contributed by atoms with Crippen LogP contribution < -0.4 is 11.1 Å². The summed E-state index contributed by atoms with van der Waals surface area (Å²) >= 11 is 6.12. The molecule has 1 fully saturated rings. The smallest absolute Gasteiger partial charge is 0.264 e. The molecule has 3 aromatic carbocycles. The van der Waals surface area contributed by atoms with Gasteiger partial charge in [-0.3, -0.25) is 9.59 Å². The first-order chi connectivity index (χ1) is 16.4. The van der Waals surface area contributed by atoms with Crippen LogP contribution in [0.3, 0.4) is 0 Å². The minimum Gasteiger partial charge on any atom is -0.372 e. The molecule has 4 N–H and O–H groups in total. The number of nitrogens with two attached hydrogens (primary N) is 1. The number of carbonyl (C=O) groups is 2. The highest BCUT2D eigenvalue weighted by molar-refractivity contribution is 6.30. The molecule has 5 rings (SSSR count). The Morgan fingerprint density at radius 3 is 2.29 bits per heavy atom. The van der Waals surface area contributed by atoms with Crippen LogP contribution in [0.1, 0.15) is 35.1 Å². The summed E-state index contributed by atoms with van der Waals surface area (Å²) in [5.74, 6) is -0.718. The third kappa shape index (κ3) is 4.21. The van der Waals surface area contributed by atoms with Gasteiger partial charge >= 0.3 is 0 Å². The summed E-state index contributed by atoms with van der Waals surface area (Å²) in [7, 11) is 0. The molecule has 0 spiro atoms. The summed E-state index contributed by atoms with van der Waals surface area (Å²) in [6, 6.07) is 19.6. The van der Waals surface area contributed by atoms with E-state index in [0.29, 0.717) is 42.1 Å². The molecule has 0 unspecified atom stereocenters.